The number of carbonyl (C=O) groups excluding carboxylic acids is 3. The molecule has 1 aliphatic heterocycles. The van der Waals surface area contributed by atoms with E-state index >= 15 is 0 Å². The second-order valence-electron chi connectivity index (χ2n) is 6.79. The van der Waals surface area contributed by atoms with E-state index in [-0.39, 0.29) is 24.1 Å². The summed E-state index contributed by atoms with van der Waals surface area (Å²) in [5.41, 5.74) is 0.884. The minimum absolute atomic E-state index is 0.132. The molecule has 5 heteroatoms. The first-order chi connectivity index (χ1) is 11.8. The predicted octanol–water partition coefficient (Wildman–Crippen LogP) is 3.66. The highest BCUT2D eigenvalue weighted by atomic mass is 19.1. The van der Waals surface area contributed by atoms with Crippen LogP contribution in [-0.2, 0) is 6.54 Å². The van der Waals surface area contributed by atoms with Crippen LogP contribution in [0, 0.1) is 5.41 Å². The van der Waals surface area contributed by atoms with E-state index in [4.69, 9.17) is 0 Å². The van der Waals surface area contributed by atoms with Gasteiger partial charge in [-0.3, -0.25) is 23.7 Å². The first kappa shape index (κ1) is 17.0. The van der Waals surface area contributed by atoms with E-state index in [0.717, 1.165) is 5.56 Å². The van der Waals surface area contributed by atoms with Crippen molar-refractivity contribution in [3.63, 3.8) is 0 Å². The third-order valence-corrected chi connectivity index (χ3v) is 4.38. The van der Waals surface area contributed by atoms with Crippen molar-refractivity contribution < 1.29 is 18.8 Å². The van der Waals surface area contributed by atoms with Crippen LogP contribution in [0.2, 0.25) is 0 Å². The van der Waals surface area contributed by atoms with Crippen LogP contribution in [-0.4, -0.2) is 29.2 Å². The summed E-state index contributed by atoms with van der Waals surface area (Å²) in [5, 5.41) is 0. The highest BCUT2D eigenvalue weighted by Gasteiger charge is 2.35. The summed E-state index contributed by atoms with van der Waals surface area (Å²) >= 11 is 0. The van der Waals surface area contributed by atoms with Crippen LogP contribution in [0.4, 0.5) is 4.39 Å². The molecular weight excluding hydrogens is 321 g/mol. The topological polar surface area (TPSA) is 54.5 Å². The van der Waals surface area contributed by atoms with Gasteiger partial charge in [0.15, 0.2) is 5.78 Å². The number of hydrogen-bond acceptors (Lipinski definition) is 3. The number of rotatable bonds is 5. The lowest BCUT2D eigenvalue weighted by atomic mass is 9.85. The summed E-state index contributed by atoms with van der Waals surface area (Å²) in [6.07, 6.45) is 0. The molecule has 0 spiro atoms. The molecule has 0 N–H and O–H groups in total. The molecule has 0 saturated heterocycles. The molecule has 0 radical (unpaired) electrons. The van der Waals surface area contributed by atoms with Crippen molar-refractivity contribution in [3.05, 3.63) is 70.8 Å². The predicted molar refractivity (Wildman–Crippen MR) is 91.2 cm³/mol. The molecule has 2 aromatic rings. The normalized spacial score (nSPS) is 14.0. The molecule has 1 aliphatic rings. The molecule has 4 nitrogen and oxygen atoms in total. The van der Waals surface area contributed by atoms with Gasteiger partial charge in [-0.1, -0.05) is 50.2 Å². The van der Waals surface area contributed by atoms with Crippen LogP contribution < -0.4 is 0 Å². The number of benzene rings is 2. The van der Waals surface area contributed by atoms with E-state index in [1.165, 1.54) is 4.90 Å². The average molecular weight is 339 g/mol. The Kier molecular flexibility index (Phi) is 4.25. The number of alkyl halides is 1. The van der Waals surface area contributed by atoms with Crippen molar-refractivity contribution in [2.45, 2.75) is 20.4 Å². The largest absolute Gasteiger partial charge is 0.293 e. The Morgan fingerprint density at radius 1 is 0.960 bits per heavy atom. The third-order valence-electron chi connectivity index (χ3n) is 4.38. The van der Waals surface area contributed by atoms with Crippen molar-refractivity contribution in [3.8, 4) is 0 Å². The molecule has 0 aliphatic carbocycles. The highest BCUT2D eigenvalue weighted by molar-refractivity contribution is 6.21. The van der Waals surface area contributed by atoms with Crippen molar-refractivity contribution in [1.82, 2.24) is 4.90 Å². The van der Waals surface area contributed by atoms with Crippen LogP contribution >= 0.6 is 0 Å². The van der Waals surface area contributed by atoms with Gasteiger partial charge in [0, 0.05) is 5.56 Å². The second-order valence-corrected chi connectivity index (χ2v) is 6.79. The summed E-state index contributed by atoms with van der Waals surface area (Å²) in [7, 11) is 0. The zero-order valence-corrected chi connectivity index (χ0v) is 14.1. The maximum Gasteiger partial charge on any atom is 0.261 e. The van der Waals surface area contributed by atoms with Gasteiger partial charge in [0.2, 0.25) is 0 Å². The lowest BCUT2D eigenvalue weighted by Crippen LogP contribution is -2.29. The fourth-order valence-corrected chi connectivity index (χ4v) is 2.78. The lowest BCUT2D eigenvalue weighted by Gasteiger charge is -2.19. The molecule has 0 fully saturated rings. The standard InChI is InChI=1S/C20H18FNO3/c1-20(2,12-21)17(23)14-9-7-13(8-10-14)11-22-18(24)15-5-3-4-6-16(15)19(22)25/h3-10H,11-12H2,1-2H3. The van der Waals surface area contributed by atoms with E-state index in [1.807, 2.05) is 0 Å². The van der Waals surface area contributed by atoms with Gasteiger partial charge in [-0.05, 0) is 17.7 Å². The highest BCUT2D eigenvalue weighted by Crippen LogP contribution is 2.26. The zero-order valence-electron chi connectivity index (χ0n) is 14.1. The minimum atomic E-state index is -1.07. The summed E-state index contributed by atoms with van der Waals surface area (Å²) in [5.74, 6) is -0.916. The molecule has 1 heterocycles. The van der Waals surface area contributed by atoms with Crippen molar-refractivity contribution in [1.29, 1.82) is 0 Å². The number of halogens is 1. The van der Waals surface area contributed by atoms with Crippen LogP contribution in [0.15, 0.2) is 48.5 Å². The number of nitrogens with zero attached hydrogens (tertiary/aromatic N) is 1. The summed E-state index contributed by atoms with van der Waals surface area (Å²) in [4.78, 5) is 38.2. The van der Waals surface area contributed by atoms with E-state index in [1.54, 1.807) is 62.4 Å². The Labute approximate surface area is 145 Å². The van der Waals surface area contributed by atoms with Gasteiger partial charge in [0.05, 0.1) is 23.1 Å². The Bertz CT molecular complexity index is 820. The second kappa shape index (κ2) is 6.24. The van der Waals surface area contributed by atoms with Gasteiger partial charge in [-0.25, -0.2) is 0 Å². The van der Waals surface area contributed by atoms with Gasteiger partial charge < -0.3 is 0 Å². The Morgan fingerprint density at radius 2 is 1.48 bits per heavy atom. The average Bonchev–Trinajstić information content (AvgIpc) is 2.87. The van der Waals surface area contributed by atoms with E-state index in [2.05, 4.69) is 0 Å². The Morgan fingerprint density at radius 3 is 1.96 bits per heavy atom. The molecule has 128 valence electrons. The van der Waals surface area contributed by atoms with Crippen LogP contribution in [0.3, 0.4) is 0 Å². The number of Topliss-reactive ketones (excluding diaryl/α,β-unsaturated/α-hetero) is 1. The minimum Gasteiger partial charge on any atom is -0.293 e. The molecule has 0 bridgehead atoms. The SMILES string of the molecule is CC(C)(CF)C(=O)c1ccc(CN2C(=O)c3ccccc3C2=O)cc1. The van der Waals surface area contributed by atoms with Gasteiger partial charge in [0.1, 0.15) is 6.67 Å². The first-order valence-corrected chi connectivity index (χ1v) is 8.00. The van der Waals surface area contributed by atoms with Crippen LogP contribution in [0.5, 0.6) is 0 Å². The molecule has 0 unspecified atom stereocenters. The van der Waals surface area contributed by atoms with Gasteiger partial charge in [-0.2, -0.15) is 0 Å². The molecule has 0 atom stereocenters. The molecule has 0 aromatic heterocycles. The maximum atomic E-state index is 13.0. The molecule has 2 aromatic carbocycles. The Balaban J connectivity index is 1.78. The van der Waals surface area contributed by atoms with Gasteiger partial charge in [0.25, 0.3) is 11.8 Å². The fourth-order valence-electron chi connectivity index (χ4n) is 2.78. The number of ketones is 1. The number of fused-ring (bicyclic) bond motifs is 1. The molecule has 2 amide bonds. The lowest BCUT2D eigenvalue weighted by molar-refractivity contribution is 0.0641. The summed E-state index contributed by atoms with van der Waals surface area (Å²) in [6, 6.07) is 13.3. The van der Waals surface area contributed by atoms with Gasteiger partial charge in [-0.15, -0.1) is 0 Å². The zero-order chi connectivity index (χ0) is 18.2. The maximum absolute atomic E-state index is 13.0. The molecule has 3 rings (SSSR count). The van der Waals surface area contributed by atoms with E-state index in [0.29, 0.717) is 16.7 Å². The monoisotopic (exact) mass is 339 g/mol. The van der Waals surface area contributed by atoms with Crippen molar-refractivity contribution in [2.75, 3.05) is 6.67 Å². The number of hydrogen-bond donors (Lipinski definition) is 0. The van der Waals surface area contributed by atoms with Crippen LogP contribution in [0.1, 0.15) is 50.5 Å². The quantitative estimate of drug-likeness (QED) is 0.617. The van der Waals surface area contributed by atoms with E-state index < -0.39 is 12.1 Å². The van der Waals surface area contributed by atoms with E-state index in [9.17, 15) is 18.8 Å². The Hall–Kier alpha value is -2.82. The third kappa shape index (κ3) is 2.97. The number of imide groups is 1. The van der Waals surface area contributed by atoms with Crippen molar-refractivity contribution in [2.24, 2.45) is 5.41 Å². The summed E-state index contributed by atoms with van der Waals surface area (Å²) < 4.78 is 13.0. The molecule has 0 saturated carbocycles. The number of amides is 2. The van der Waals surface area contributed by atoms with Crippen LogP contribution in [0.25, 0.3) is 0 Å². The molecule has 25 heavy (non-hydrogen) atoms. The fraction of sp³-hybridized carbons (Fsp3) is 0.250. The number of carbonyl (C=O) groups is 3. The smallest absolute Gasteiger partial charge is 0.261 e. The van der Waals surface area contributed by atoms with Gasteiger partial charge >= 0.3 is 0 Å². The first-order valence-electron chi connectivity index (χ1n) is 8.00. The molecular formula is C20H18FNO3. The summed E-state index contributed by atoms with van der Waals surface area (Å²) in [6.45, 7) is 2.51. The van der Waals surface area contributed by atoms with Crippen molar-refractivity contribution >= 4 is 17.6 Å².